The number of hydrogen-bond donors (Lipinski definition) is 0. The van der Waals surface area contributed by atoms with E-state index >= 15 is 0 Å². The van der Waals surface area contributed by atoms with E-state index in [9.17, 15) is 9.18 Å². The minimum Gasteiger partial charge on any atom is -0.367 e. The van der Waals surface area contributed by atoms with E-state index in [1.165, 1.54) is 6.07 Å². The third-order valence-electron chi connectivity index (χ3n) is 4.38. The molecular formula is C16H22FN3O. The molecule has 2 saturated heterocycles. The monoisotopic (exact) mass is 291 g/mol. The van der Waals surface area contributed by atoms with Crippen molar-refractivity contribution in [2.45, 2.75) is 12.8 Å². The lowest BCUT2D eigenvalue weighted by Crippen LogP contribution is -2.50. The molecule has 2 heterocycles. The van der Waals surface area contributed by atoms with Gasteiger partial charge in [0.2, 0.25) is 5.91 Å². The van der Waals surface area contributed by atoms with Crippen LogP contribution < -0.4 is 4.90 Å². The molecule has 3 rings (SSSR count). The lowest BCUT2D eigenvalue weighted by molar-refractivity contribution is -0.131. The Bertz CT molecular complexity index is 494. The number of benzene rings is 1. The number of para-hydroxylation sites is 1. The van der Waals surface area contributed by atoms with Crippen molar-refractivity contribution in [2.75, 3.05) is 50.7 Å². The first-order valence-electron chi connectivity index (χ1n) is 7.73. The molecule has 0 spiro atoms. The number of hydrogen-bond acceptors (Lipinski definition) is 3. The number of rotatable bonds is 3. The summed E-state index contributed by atoms with van der Waals surface area (Å²) in [6.45, 7) is 5.50. The SMILES string of the molecule is O=C(CN1CCN(c2ccccc2F)CC1)N1CCCC1. The Hall–Kier alpha value is -1.62. The molecule has 1 amide bonds. The van der Waals surface area contributed by atoms with Gasteiger partial charge in [0.25, 0.3) is 0 Å². The van der Waals surface area contributed by atoms with Crippen molar-refractivity contribution in [1.29, 1.82) is 0 Å². The van der Waals surface area contributed by atoms with Gasteiger partial charge in [0.1, 0.15) is 5.82 Å². The van der Waals surface area contributed by atoms with Crippen molar-refractivity contribution in [3.05, 3.63) is 30.1 Å². The van der Waals surface area contributed by atoms with Crippen LogP contribution in [0.1, 0.15) is 12.8 Å². The van der Waals surface area contributed by atoms with Crippen molar-refractivity contribution >= 4 is 11.6 Å². The predicted octanol–water partition coefficient (Wildman–Crippen LogP) is 1.57. The van der Waals surface area contributed by atoms with Gasteiger partial charge >= 0.3 is 0 Å². The van der Waals surface area contributed by atoms with Crippen molar-refractivity contribution in [3.8, 4) is 0 Å². The summed E-state index contributed by atoms with van der Waals surface area (Å²) in [7, 11) is 0. The number of carbonyl (C=O) groups excluding carboxylic acids is 1. The molecule has 0 aromatic heterocycles. The van der Waals surface area contributed by atoms with Crippen LogP contribution >= 0.6 is 0 Å². The van der Waals surface area contributed by atoms with Crippen LogP contribution in [0.3, 0.4) is 0 Å². The fourth-order valence-electron chi connectivity index (χ4n) is 3.11. The van der Waals surface area contributed by atoms with Gasteiger partial charge in [-0.25, -0.2) is 4.39 Å². The molecule has 2 fully saturated rings. The Morgan fingerprint density at radius 3 is 2.33 bits per heavy atom. The standard InChI is InChI=1S/C16H22FN3O/c17-14-5-1-2-6-15(14)19-11-9-18(10-12-19)13-16(21)20-7-3-4-8-20/h1-2,5-6H,3-4,7-13H2. The van der Waals surface area contributed by atoms with Gasteiger partial charge in [-0.2, -0.15) is 0 Å². The molecular weight excluding hydrogens is 269 g/mol. The molecule has 2 aliphatic heterocycles. The van der Waals surface area contributed by atoms with Crippen LogP contribution in [0.4, 0.5) is 10.1 Å². The average Bonchev–Trinajstić information content (AvgIpc) is 3.03. The predicted molar refractivity (Wildman–Crippen MR) is 80.9 cm³/mol. The summed E-state index contributed by atoms with van der Waals surface area (Å²) in [6.07, 6.45) is 2.26. The molecule has 0 N–H and O–H groups in total. The van der Waals surface area contributed by atoms with E-state index in [4.69, 9.17) is 0 Å². The fraction of sp³-hybridized carbons (Fsp3) is 0.562. The van der Waals surface area contributed by atoms with E-state index in [0.29, 0.717) is 12.2 Å². The molecule has 2 aliphatic rings. The number of likely N-dealkylation sites (tertiary alicyclic amines) is 1. The highest BCUT2D eigenvalue weighted by Gasteiger charge is 2.24. The Kier molecular flexibility index (Phi) is 4.39. The van der Waals surface area contributed by atoms with Crippen molar-refractivity contribution in [1.82, 2.24) is 9.80 Å². The van der Waals surface area contributed by atoms with Crippen molar-refractivity contribution in [3.63, 3.8) is 0 Å². The molecule has 1 aromatic rings. The maximum absolute atomic E-state index is 13.8. The quantitative estimate of drug-likeness (QED) is 0.846. The number of anilines is 1. The number of nitrogens with zero attached hydrogens (tertiary/aromatic N) is 3. The van der Waals surface area contributed by atoms with E-state index in [1.54, 1.807) is 6.07 Å². The third-order valence-corrected chi connectivity index (χ3v) is 4.38. The number of carbonyl (C=O) groups is 1. The molecule has 114 valence electrons. The Morgan fingerprint density at radius 2 is 1.67 bits per heavy atom. The van der Waals surface area contributed by atoms with Crippen LogP contribution in [0, 0.1) is 5.82 Å². The smallest absolute Gasteiger partial charge is 0.236 e. The highest BCUT2D eigenvalue weighted by atomic mass is 19.1. The van der Waals surface area contributed by atoms with Crippen molar-refractivity contribution in [2.24, 2.45) is 0 Å². The van der Waals surface area contributed by atoms with Gasteiger partial charge in [-0.05, 0) is 25.0 Å². The van der Waals surface area contributed by atoms with E-state index in [1.807, 2.05) is 17.0 Å². The van der Waals surface area contributed by atoms with Crippen molar-refractivity contribution < 1.29 is 9.18 Å². The molecule has 1 aromatic carbocycles. The van der Waals surface area contributed by atoms with Crippen LogP contribution in [0.25, 0.3) is 0 Å². The minimum absolute atomic E-state index is 0.168. The third kappa shape index (κ3) is 3.35. The summed E-state index contributed by atoms with van der Waals surface area (Å²) in [5.41, 5.74) is 0.669. The van der Waals surface area contributed by atoms with Gasteiger partial charge in [-0.1, -0.05) is 12.1 Å². The van der Waals surface area contributed by atoms with Crippen LogP contribution in [0.2, 0.25) is 0 Å². The lowest BCUT2D eigenvalue weighted by Gasteiger charge is -2.36. The first kappa shape index (κ1) is 14.3. The zero-order valence-corrected chi connectivity index (χ0v) is 12.3. The highest BCUT2D eigenvalue weighted by Crippen LogP contribution is 2.20. The molecule has 5 heteroatoms. The first-order chi connectivity index (χ1) is 10.2. The summed E-state index contributed by atoms with van der Waals surface area (Å²) >= 11 is 0. The van der Waals surface area contributed by atoms with Gasteiger partial charge in [0.15, 0.2) is 0 Å². The van der Waals surface area contributed by atoms with Gasteiger partial charge < -0.3 is 9.80 Å². The maximum atomic E-state index is 13.8. The summed E-state index contributed by atoms with van der Waals surface area (Å²) in [5.74, 6) is 0.0749. The molecule has 0 bridgehead atoms. The van der Waals surface area contributed by atoms with E-state index in [-0.39, 0.29) is 11.7 Å². The summed E-state index contributed by atoms with van der Waals surface area (Å²) in [4.78, 5) is 18.3. The van der Waals surface area contributed by atoms with Gasteiger partial charge in [0.05, 0.1) is 12.2 Å². The summed E-state index contributed by atoms with van der Waals surface area (Å²) in [5, 5.41) is 0. The van der Waals surface area contributed by atoms with E-state index in [2.05, 4.69) is 9.80 Å². The lowest BCUT2D eigenvalue weighted by atomic mass is 10.2. The Balaban J connectivity index is 1.51. The van der Waals surface area contributed by atoms with Crippen LogP contribution in [-0.2, 0) is 4.79 Å². The molecule has 0 unspecified atom stereocenters. The van der Waals surface area contributed by atoms with E-state index in [0.717, 1.165) is 52.1 Å². The second kappa shape index (κ2) is 6.43. The molecule has 0 radical (unpaired) electrons. The first-order valence-corrected chi connectivity index (χ1v) is 7.73. The molecule has 0 atom stereocenters. The molecule has 0 aliphatic carbocycles. The zero-order chi connectivity index (χ0) is 14.7. The minimum atomic E-state index is -0.168. The Labute approximate surface area is 125 Å². The fourth-order valence-corrected chi connectivity index (χ4v) is 3.11. The highest BCUT2D eigenvalue weighted by molar-refractivity contribution is 5.78. The average molecular weight is 291 g/mol. The number of halogens is 1. The Morgan fingerprint density at radius 1 is 1.00 bits per heavy atom. The molecule has 4 nitrogen and oxygen atoms in total. The zero-order valence-electron chi connectivity index (χ0n) is 12.3. The maximum Gasteiger partial charge on any atom is 0.236 e. The number of piperazine rings is 1. The molecule has 21 heavy (non-hydrogen) atoms. The van der Waals surface area contributed by atoms with Gasteiger partial charge in [-0.15, -0.1) is 0 Å². The summed E-state index contributed by atoms with van der Waals surface area (Å²) < 4.78 is 13.8. The van der Waals surface area contributed by atoms with Crippen LogP contribution in [0.15, 0.2) is 24.3 Å². The van der Waals surface area contributed by atoms with Gasteiger partial charge in [0, 0.05) is 39.3 Å². The van der Waals surface area contributed by atoms with E-state index < -0.39 is 0 Å². The normalized spacial score (nSPS) is 20.0. The second-order valence-electron chi connectivity index (χ2n) is 5.80. The summed E-state index contributed by atoms with van der Waals surface area (Å²) in [6, 6.07) is 6.89. The topological polar surface area (TPSA) is 26.8 Å². The number of amides is 1. The van der Waals surface area contributed by atoms with Crippen LogP contribution in [-0.4, -0.2) is 61.5 Å². The van der Waals surface area contributed by atoms with Gasteiger partial charge in [-0.3, -0.25) is 9.69 Å². The molecule has 0 saturated carbocycles. The second-order valence-corrected chi connectivity index (χ2v) is 5.80. The largest absolute Gasteiger partial charge is 0.367 e. The van der Waals surface area contributed by atoms with Crippen LogP contribution in [0.5, 0.6) is 0 Å².